The highest BCUT2D eigenvalue weighted by Crippen LogP contribution is 2.61. The molecule has 0 spiro atoms. The summed E-state index contributed by atoms with van der Waals surface area (Å²) in [5.74, 6) is 1.87. The third kappa shape index (κ3) is 2.99. The lowest BCUT2D eigenvalue weighted by Crippen LogP contribution is -2.37. The summed E-state index contributed by atoms with van der Waals surface area (Å²) in [7, 11) is 2.01. The zero-order valence-corrected chi connectivity index (χ0v) is 17.8. The molecular formula is C21H26Cl2N4O. The minimum absolute atomic E-state index is 0.310. The zero-order valence-electron chi connectivity index (χ0n) is 16.3. The molecule has 2 bridgehead atoms. The van der Waals surface area contributed by atoms with Gasteiger partial charge in [-0.05, 0) is 43.4 Å². The minimum Gasteiger partial charge on any atom is -0.386 e. The summed E-state index contributed by atoms with van der Waals surface area (Å²) in [5, 5.41) is 6.03. The quantitative estimate of drug-likeness (QED) is 0.684. The third-order valence-electron chi connectivity index (χ3n) is 6.63. The van der Waals surface area contributed by atoms with Gasteiger partial charge in [-0.3, -0.25) is 4.68 Å². The Morgan fingerprint density at radius 3 is 2.71 bits per heavy atom. The van der Waals surface area contributed by atoms with Crippen LogP contribution in [0.5, 0.6) is 5.88 Å². The summed E-state index contributed by atoms with van der Waals surface area (Å²) in [6.07, 6.45) is 5.90. The molecule has 1 saturated heterocycles. The second-order valence-electron chi connectivity index (χ2n) is 8.52. The summed E-state index contributed by atoms with van der Waals surface area (Å²) >= 11 is 12.7. The van der Waals surface area contributed by atoms with E-state index in [1.165, 1.54) is 30.5 Å². The second kappa shape index (κ2) is 7.12. The number of nitrogens with one attached hydrogen (secondary N) is 1. The second-order valence-corrected chi connectivity index (χ2v) is 9.40. The van der Waals surface area contributed by atoms with E-state index in [0.29, 0.717) is 34.0 Å². The highest BCUT2D eigenvalue weighted by Gasteiger charge is 2.55. The molecule has 3 heterocycles. The summed E-state index contributed by atoms with van der Waals surface area (Å²) in [5.41, 5.74) is 6.77. The van der Waals surface area contributed by atoms with E-state index in [0.717, 1.165) is 31.0 Å². The van der Waals surface area contributed by atoms with Gasteiger partial charge in [0.2, 0.25) is 0 Å². The molecule has 0 amide bonds. The lowest BCUT2D eigenvalue weighted by atomic mass is 9.77. The highest BCUT2D eigenvalue weighted by molar-refractivity contribution is 6.35. The molecule has 1 fully saturated rings. The maximum Gasteiger partial charge on any atom is 0.260 e. The Morgan fingerprint density at radius 2 is 1.93 bits per heavy atom. The molecule has 1 aliphatic carbocycles. The molecule has 150 valence electrons. The Kier molecular flexibility index (Phi) is 4.73. The average molecular weight is 421 g/mol. The van der Waals surface area contributed by atoms with Crippen molar-refractivity contribution in [3.05, 3.63) is 39.5 Å². The van der Waals surface area contributed by atoms with Crippen LogP contribution in [-0.2, 0) is 7.05 Å². The fourth-order valence-corrected chi connectivity index (χ4v) is 5.86. The van der Waals surface area contributed by atoms with E-state index < -0.39 is 0 Å². The van der Waals surface area contributed by atoms with Crippen molar-refractivity contribution < 1.29 is 4.84 Å². The molecule has 7 heteroatoms. The van der Waals surface area contributed by atoms with Crippen molar-refractivity contribution >= 4 is 28.9 Å². The van der Waals surface area contributed by atoms with Crippen molar-refractivity contribution in [2.45, 2.75) is 57.0 Å². The van der Waals surface area contributed by atoms with Crippen molar-refractivity contribution in [2.24, 2.45) is 13.0 Å². The number of aryl methyl sites for hydroxylation is 1. The topological polar surface area (TPSA) is 42.3 Å². The van der Waals surface area contributed by atoms with Crippen LogP contribution in [0.1, 0.15) is 62.2 Å². The van der Waals surface area contributed by atoms with Gasteiger partial charge in [-0.15, -0.1) is 5.10 Å². The van der Waals surface area contributed by atoms with Gasteiger partial charge in [0, 0.05) is 46.8 Å². The molecule has 1 N–H and O–H groups in total. The smallest absolute Gasteiger partial charge is 0.260 e. The van der Waals surface area contributed by atoms with Crippen LogP contribution >= 0.6 is 23.2 Å². The standard InChI is InChI=1S/C21H26Cl2N4O/c1-12-4-3-5-15-11-17-18-20(26(2)25-21(18)28-24-7-6-12)19(17)27(15)16-9-13(22)8-14(23)10-16/h8-10,12,15,17,19,24H,3-7,11H2,1-2H3/t12-,15-,17?,19+/m0/s1. The fourth-order valence-electron chi connectivity index (χ4n) is 5.35. The predicted octanol–water partition coefficient (Wildman–Crippen LogP) is 5.24. The van der Waals surface area contributed by atoms with E-state index in [4.69, 9.17) is 28.0 Å². The maximum atomic E-state index is 6.35. The maximum absolute atomic E-state index is 6.35. The number of rotatable bonds is 1. The van der Waals surface area contributed by atoms with Crippen LogP contribution in [0.3, 0.4) is 0 Å². The van der Waals surface area contributed by atoms with Gasteiger partial charge in [-0.1, -0.05) is 43.0 Å². The van der Waals surface area contributed by atoms with Crippen LogP contribution < -0.4 is 15.2 Å². The van der Waals surface area contributed by atoms with E-state index >= 15 is 0 Å². The summed E-state index contributed by atoms with van der Waals surface area (Å²) in [4.78, 5) is 8.43. The summed E-state index contributed by atoms with van der Waals surface area (Å²) in [6, 6.07) is 6.68. The van der Waals surface area contributed by atoms with Gasteiger partial charge in [-0.25, -0.2) is 0 Å². The first-order valence-electron chi connectivity index (χ1n) is 10.2. The van der Waals surface area contributed by atoms with Crippen molar-refractivity contribution in [3.8, 4) is 5.88 Å². The number of halogens is 2. The number of anilines is 1. The first kappa shape index (κ1) is 18.6. The largest absolute Gasteiger partial charge is 0.386 e. The van der Waals surface area contributed by atoms with Crippen molar-refractivity contribution in [2.75, 3.05) is 11.4 Å². The van der Waals surface area contributed by atoms with Crippen LogP contribution in [0.2, 0.25) is 10.0 Å². The lowest BCUT2D eigenvalue weighted by molar-refractivity contribution is 0.174. The van der Waals surface area contributed by atoms with E-state index in [-0.39, 0.29) is 0 Å². The molecule has 0 saturated carbocycles. The van der Waals surface area contributed by atoms with Gasteiger partial charge in [0.25, 0.3) is 5.88 Å². The summed E-state index contributed by atoms with van der Waals surface area (Å²) in [6.45, 7) is 3.18. The number of fused-ring (bicyclic) bond motifs is 2. The molecule has 28 heavy (non-hydrogen) atoms. The SMILES string of the molecule is C[C@H]1CCC[C@H]2CC3c4c(nn(C)c4[C@@H]3N2c2cc(Cl)cc(Cl)c2)ONCC1. The van der Waals surface area contributed by atoms with Gasteiger partial charge in [0.15, 0.2) is 0 Å². The molecule has 1 unspecified atom stereocenters. The molecule has 1 aromatic heterocycles. The van der Waals surface area contributed by atoms with Gasteiger partial charge in [0.05, 0.1) is 11.7 Å². The van der Waals surface area contributed by atoms with Gasteiger partial charge >= 0.3 is 0 Å². The Bertz CT molecular complexity index is 879. The van der Waals surface area contributed by atoms with E-state index in [1.54, 1.807) is 6.07 Å². The third-order valence-corrected chi connectivity index (χ3v) is 7.07. The lowest BCUT2D eigenvalue weighted by Gasteiger charge is -2.39. The number of aromatic nitrogens is 2. The monoisotopic (exact) mass is 420 g/mol. The van der Waals surface area contributed by atoms with Gasteiger partial charge in [0.1, 0.15) is 0 Å². The van der Waals surface area contributed by atoms with E-state index in [2.05, 4.69) is 22.4 Å². The van der Waals surface area contributed by atoms with Crippen molar-refractivity contribution in [1.29, 1.82) is 0 Å². The number of benzene rings is 1. The van der Waals surface area contributed by atoms with Gasteiger partial charge in [-0.2, -0.15) is 5.48 Å². The Labute approximate surface area is 175 Å². The molecule has 0 radical (unpaired) electrons. The molecule has 2 aromatic rings. The van der Waals surface area contributed by atoms with Crippen molar-refractivity contribution in [1.82, 2.24) is 15.3 Å². The Balaban J connectivity index is 1.56. The number of hydroxylamine groups is 1. The van der Waals surface area contributed by atoms with E-state index in [1.807, 2.05) is 23.9 Å². The molecule has 5 nitrogen and oxygen atoms in total. The normalized spacial score (nSPS) is 29.4. The van der Waals surface area contributed by atoms with Crippen LogP contribution in [0.25, 0.3) is 0 Å². The average Bonchev–Trinajstić information content (AvgIpc) is 3.06. The summed E-state index contributed by atoms with van der Waals surface area (Å²) < 4.78 is 1.98. The van der Waals surface area contributed by atoms with Crippen LogP contribution in [-0.4, -0.2) is 22.4 Å². The molecule has 2 aliphatic heterocycles. The first-order chi connectivity index (χ1) is 13.5. The Morgan fingerprint density at radius 1 is 1.14 bits per heavy atom. The highest BCUT2D eigenvalue weighted by atomic mass is 35.5. The van der Waals surface area contributed by atoms with Crippen molar-refractivity contribution in [3.63, 3.8) is 0 Å². The molecule has 1 aromatic carbocycles. The molecule has 4 atom stereocenters. The Hall–Kier alpha value is -1.43. The molecular weight excluding hydrogens is 395 g/mol. The number of nitrogens with zero attached hydrogens (tertiary/aromatic N) is 3. The molecule has 5 rings (SSSR count). The minimum atomic E-state index is 0.310. The van der Waals surface area contributed by atoms with E-state index in [9.17, 15) is 0 Å². The van der Waals surface area contributed by atoms with Gasteiger partial charge < -0.3 is 9.74 Å². The zero-order chi connectivity index (χ0) is 19.4. The predicted molar refractivity (Wildman–Crippen MR) is 112 cm³/mol. The van der Waals surface area contributed by atoms with Crippen LogP contribution in [0, 0.1) is 5.92 Å². The first-order valence-corrected chi connectivity index (χ1v) is 11.0. The molecule has 3 aliphatic rings. The number of hydrogen-bond donors (Lipinski definition) is 1. The van der Waals surface area contributed by atoms with Crippen LogP contribution in [0.4, 0.5) is 5.69 Å². The van der Waals surface area contributed by atoms with Crippen LogP contribution in [0.15, 0.2) is 18.2 Å². The fraction of sp³-hybridized carbons (Fsp3) is 0.571. The number of hydrogen-bond acceptors (Lipinski definition) is 4.